The predicted molar refractivity (Wildman–Crippen MR) is 122 cm³/mol. The van der Waals surface area contributed by atoms with Crippen LogP contribution in [-0.4, -0.2) is 21.9 Å². The smallest absolute Gasteiger partial charge is 0.173 e. The summed E-state index contributed by atoms with van der Waals surface area (Å²) in [4.78, 5) is 14.6. The molecule has 0 aliphatic heterocycles. The molecule has 1 N–H and O–H groups in total. The fourth-order valence-corrected chi connectivity index (χ4v) is 3.47. The molecule has 4 rings (SSSR count). The van der Waals surface area contributed by atoms with E-state index in [2.05, 4.69) is 17.1 Å². The Balaban J connectivity index is 1.71. The van der Waals surface area contributed by atoms with Gasteiger partial charge in [-0.25, -0.2) is 0 Å². The maximum absolute atomic E-state index is 11.2. The van der Waals surface area contributed by atoms with E-state index in [4.69, 9.17) is 25.9 Å². The second-order valence-corrected chi connectivity index (χ2v) is 7.69. The standard InChI is InChI=1S/C25H23ClN2O4/c1-2-3-14-30-32-21-11-9-17(10-12-21)23-22(24(29)19-7-5-13-27-16-19)25(31-28-23)18-6-4-8-20(26)15-18/h4-13,15-16,24,29H,2-3,14H2,1H3. The lowest BCUT2D eigenvalue weighted by Crippen LogP contribution is -2.03. The number of nitrogens with zero attached hydrogens (tertiary/aromatic N) is 2. The first-order valence-electron chi connectivity index (χ1n) is 10.4. The van der Waals surface area contributed by atoms with Crippen LogP contribution in [0.3, 0.4) is 0 Å². The number of hydrogen-bond donors (Lipinski definition) is 1. The number of aliphatic hydroxyl groups is 1. The molecule has 4 aromatic rings. The van der Waals surface area contributed by atoms with Gasteiger partial charge in [0, 0.05) is 34.1 Å². The molecular formula is C25H23ClN2O4. The molecule has 0 amide bonds. The Morgan fingerprint density at radius 3 is 2.62 bits per heavy atom. The van der Waals surface area contributed by atoms with Crippen LogP contribution in [0, 0.1) is 0 Å². The minimum absolute atomic E-state index is 0.446. The van der Waals surface area contributed by atoms with E-state index in [0.717, 1.165) is 24.0 Å². The summed E-state index contributed by atoms with van der Waals surface area (Å²) in [5.74, 6) is 1.03. The van der Waals surface area contributed by atoms with E-state index in [0.29, 0.717) is 40.0 Å². The van der Waals surface area contributed by atoms with Gasteiger partial charge in [0.25, 0.3) is 0 Å². The summed E-state index contributed by atoms with van der Waals surface area (Å²) in [7, 11) is 0. The van der Waals surface area contributed by atoms with Gasteiger partial charge in [-0.05, 0) is 48.9 Å². The number of benzene rings is 2. The summed E-state index contributed by atoms with van der Waals surface area (Å²) in [5.41, 5.74) is 3.17. The van der Waals surface area contributed by atoms with Crippen molar-refractivity contribution >= 4 is 11.6 Å². The van der Waals surface area contributed by atoms with Crippen LogP contribution >= 0.6 is 11.6 Å². The Labute approximate surface area is 191 Å². The summed E-state index contributed by atoms with van der Waals surface area (Å²) in [6, 6.07) is 18.1. The highest BCUT2D eigenvalue weighted by molar-refractivity contribution is 6.30. The molecule has 0 radical (unpaired) electrons. The van der Waals surface area contributed by atoms with E-state index < -0.39 is 6.10 Å². The number of pyridine rings is 1. The maximum Gasteiger partial charge on any atom is 0.173 e. The van der Waals surface area contributed by atoms with Crippen LogP contribution in [0.4, 0.5) is 0 Å². The third-order valence-corrected chi connectivity index (χ3v) is 5.19. The van der Waals surface area contributed by atoms with Crippen molar-refractivity contribution in [2.24, 2.45) is 0 Å². The van der Waals surface area contributed by atoms with Gasteiger partial charge in [-0.15, -0.1) is 0 Å². The molecule has 164 valence electrons. The number of hydrogen-bond acceptors (Lipinski definition) is 6. The summed E-state index contributed by atoms with van der Waals surface area (Å²) in [6.07, 6.45) is 4.24. The highest BCUT2D eigenvalue weighted by Gasteiger charge is 2.26. The SMILES string of the molecule is CCCCOOc1ccc(-c2noc(-c3cccc(Cl)c3)c2C(O)c2cccnc2)cc1. The van der Waals surface area contributed by atoms with Gasteiger partial charge in [-0.1, -0.05) is 48.3 Å². The van der Waals surface area contributed by atoms with Gasteiger partial charge in [0.05, 0.1) is 12.2 Å². The molecule has 0 spiro atoms. The summed E-state index contributed by atoms with van der Waals surface area (Å²) >= 11 is 6.19. The van der Waals surface area contributed by atoms with Gasteiger partial charge in [0.15, 0.2) is 11.5 Å². The monoisotopic (exact) mass is 450 g/mol. The van der Waals surface area contributed by atoms with Gasteiger partial charge in [0.1, 0.15) is 11.8 Å². The molecule has 0 aliphatic rings. The summed E-state index contributed by atoms with van der Waals surface area (Å²) in [5, 5.41) is 16.1. The molecule has 32 heavy (non-hydrogen) atoms. The Bertz CT molecular complexity index is 1150. The van der Waals surface area contributed by atoms with Crippen molar-refractivity contribution in [1.82, 2.24) is 10.1 Å². The van der Waals surface area contributed by atoms with Gasteiger partial charge < -0.3 is 14.5 Å². The van der Waals surface area contributed by atoms with E-state index >= 15 is 0 Å². The van der Waals surface area contributed by atoms with Crippen molar-refractivity contribution in [3.05, 3.63) is 89.2 Å². The Hall–Kier alpha value is -3.19. The molecule has 0 saturated heterocycles. The highest BCUT2D eigenvalue weighted by atomic mass is 35.5. The first kappa shape index (κ1) is 22.0. The van der Waals surface area contributed by atoms with Gasteiger partial charge in [0.2, 0.25) is 0 Å². The zero-order chi connectivity index (χ0) is 22.3. The van der Waals surface area contributed by atoms with Crippen LogP contribution in [0.2, 0.25) is 5.02 Å². The van der Waals surface area contributed by atoms with Crippen LogP contribution < -0.4 is 4.89 Å². The molecule has 6 nitrogen and oxygen atoms in total. The van der Waals surface area contributed by atoms with E-state index in [1.807, 2.05) is 24.3 Å². The molecule has 0 bridgehead atoms. The van der Waals surface area contributed by atoms with Crippen molar-refractivity contribution in [3.63, 3.8) is 0 Å². The first-order chi connectivity index (χ1) is 15.7. The predicted octanol–water partition coefficient (Wildman–Crippen LogP) is 6.25. The lowest BCUT2D eigenvalue weighted by molar-refractivity contribution is -0.207. The van der Waals surface area contributed by atoms with Crippen molar-refractivity contribution in [2.75, 3.05) is 6.61 Å². The summed E-state index contributed by atoms with van der Waals surface area (Å²) in [6.45, 7) is 2.62. The Kier molecular flexibility index (Phi) is 7.17. The molecule has 2 heterocycles. The quantitative estimate of drug-likeness (QED) is 0.184. The van der Waals surface area contributed by atoms with E-state index in [1.165, 1.54) is 0 Å². The lowest BCUT2D eigenvalue weighted by atomic mass is 9.95. The number of aromatic nitrogens is 2. The molecular weight excluding hydrogens is 428 g/mol. The molecule has 7 heteroatoms. The zero-order valence-corrected chi connectivity index (χ0v) is 18.3. The van der Waals surface area contributed by atoms with Crippen molar-refractivity contribution in [1.29, 1.82) is 0 Å². The van der Waals surface area contributed by atoms with Crippen LogP contribution in [0.25, 0.3) is 22.6 Å². The molecule has 2 aromatic carbocycles. The van der Waals surface area contributed by atoms with Crippen LogP contribution in [0.1, 0.15) is 37.0 Å². The van der Waals surface area contributed by atoms with Crippen molar-refractivity contribution in [3.8, 4) is 28.3 Å². The second kappa shape index (κ2) is 10.4. The Morgan fingerprint density at radius 2 is 1.91 bits per heavy atom. The first-order valence-corrected chi connectivity index (χ1v) is 10.8. The number of aliphatic hydroxyl groups excluding tert-OH is 1. The van der Waals surface area contributed by atoms with Gasteiger partial charge in [-0.2, -0.15) is 4.89 Å². The fraction of sp³-hybridized carbons (Fsp3) is 0.200. The third-order valence-electron chi connectivity index (χ3n) is 4.95. The fourth-order valence-electron chi connectivity index (χ4n) is 3.28. The molecule has 1 atom stereocenters. The average molecular weight is 451 g/mol. The van der Waals surface area contributed by atoms with Crippen molar-refractivity contribution in [2.45, 2.75) is 25.9 Å². The number of unbranched alkanes of at least 4 members (excludes halogenated alkanes) is 1. The number of rotatable bonds is 9. The van der Waals surface area contributed by atoms with E-state index in [9.17, 15) is 5.11 Å². The van der Waals surface area contributed by atoms with Crippen molar-refractivity contribution < 1.29 is 19.4 Å². The molecule has 0 saturated carbocycles. The highest BCUT2D eigenvalue weighted by Crippen LogP contribution is 2.39. The molecule has 2 aromatic heterocycles. The zero-order valence-electron chi connectivity index (χ0n) is 17.6. The van der Waals surface area contributed by atoms with Crippen LogP contribution in [0.15, 0.2) is 77.6 Å². The minimum Gasteiger partial charge on any atom is -0.383 e. The van der Waals surface area contributed by atoms with E-state index in [1.54, 1.807) is 48.8 Å². The number of halogens is 1. The second-order valence-electron chi connectivity index (χ2n) is 7.26. The van der Waals surface area contributed by atoms with E-state index in [-0.39, 0.29) is 0 Å². The molecule has 0 fully saturated rings. The molecule has 1 unspecified atom stereocenters. The largest absolute Gasteiger partial charge is 0.383 e. The average Bonchev–Trinajstić information content (AvgIpc) is 3.27. The third kappa shape index (κ3) is 4.99. The van der Waals surface area contributed by atoms with Gasteiger partial charge in [-0.3, -0.25) is 4.98 Å². The Morgan fingerprint density at radius 1 is 1.06 bits per heavy atom. The van der Waals surface area contributed by atoms with Crippen LogP contribution in [-0.2, 0) is 4.89 Å². The van der Waals surface area contributed by atoms with Crippen LogP contribution in [0.5, 0.6) is 5.75 Å². The molecule has 0 aliphatic carbocycles. The lowest BCUT2D eigenvalue weighted by Gasteiger charge is -2.13. The van der Waals surface area contributed by atoms with Gasteiger partial charge >= 0.3 is 0 Å². The normalized spacial score (nSPS) is 12.0. The topological polar surface area (TPSA) is 77.6 Å². The minimum atomic E-state index is -0.993. The maximum atomic E-state index is 11.2. The summed E-state index contributed by atoms with van der Waals surface area (Å²) < 4.78 is 5.71.